The average Bonchev–Trinajstić information content (AvgIpc) is 2.97. The maximum Gasteiger partial charge on any atom is 0.226 e. The van der Waals surface area contributed by atoms with Crippen molar-refractivity contribution in [1.29, 1.82) is 5.26 Å². The van der Waals surface area contributed by atoms with Gasteiger partial charge in [-0.3, -0.25) is 4.79 Å². The van der Waals surface area contributed by atoms with Crippen molar-refractivity contribution in [3.8, 4) is 6.07 Å². The van der Waals surface area contributed by atoms with Gasteiger partial charge in [-0.25, -0.2) is 0 Å². The van der Waals surface area contributed by atoms with Crippen LogP contribution in [0.3, 0.4) is 0 Å². The number of rotatable bonds is 2. The predicted molar refractivity (Wildman–Crippen MR) is 106 cm³/mol. The molecule has 0 aromatic heterocycles. The summed E-state index contributed by atoms with van der Waals surface area (Å²) in [6.45, 7) is 7.11. The summed E-state index contributed by atoms with van der Waals surface area (Å²) in [6.07, 6.45) is 1.90. The van der Waals surface area contributed by atoms with E-state index < -0.39 is 0 Å². The summed E-state index contributed by atoms with van der Waals surface area (Å²) >= 11 is 0. The molecule has 2 fully saturated rings. The molecule has 0 spiro atoms. The van der Waals surface area contributed by atoms with E-state index in [0.29, 0.717) is 23.3 Å². The Hall–Kier alpha value is -2.60. The third-order valence-electron chi connectivity index (χ3n) is 6.92. The Morgan fingerprint density at radius 2 is 1.89 bits per heavy atom. The highest BCUT2D eigenvalue weighted by atomic mass is 16.2. The first-order chi connectivity index (χ1) is 12.9. The fraction of sp³-hybridized carbons (Fsp3) is 0.417. The zero-order valence-corrected chi connectivity index (χ0v) is 16.3. The molecule has 138 valence electrons. The van der Waals surface area contributed by atoms with Gasteiger partial charge in [-0.1, -0.05) is 42.8 Å². The number of nitrogens with zero attached hydrogens (tertiary/aromatic N) is 1. The standard InChI is InChI=1S/C24H26N2O/c1-15-4-7-18(8-5-15)22-20(19-9-6-17(13-25)12-16(19)2)10-11-24(3)21(22)14-26-23(24)27/h4-9,12,20-22H,10-11,14H2,1-3H3,(H,26,27)/t20-,21-,22-,24+/m1/s1. The van der Waals surface area contributed by atoms with Gasteiger partial charge in [0.1, 0.15) is 0 Å². The Labute approximate surface area is 161 Å². The zero-order chi connectivity index (χ0) is 19.2. The molecule has 1 N–H and O–H groups in total. The quantitative estimate of drug-likeness (QED) is 0.854. The minimum absolute atomic E-state index is 0.208. The van der Waals surface area contributed by atoms with E-state index in [1.807, 2.05) is 12.1 Å². The Morgan fingerprint density at radius 1 is 1.15 bits per heavy atom. The molecular weight excluding hydrogens is 332 g/mol. The normalized spacial score (nSPS) is 29.7. The van der Waals surface area contributed by atoms with Crippen molar-refractivity contribution < 1.29 is 4.79 Å². The molecule has 0 bridgehead atoms. The van der Waals surface area contributed by atoms with Crippen LogP contribution < -0.4 is 5.32 Å². The summed E-state index contributed by atoms with van der Waals surface area (Å²) in [5.74, 6) is 1.17. The van der Waals surface area contributed by atoms with Crippen LogP contribution in [-0.4, -0.2) is 12.5 Å². The minimum atomic E-state index is -0.285. The third-order valence-corrected chi connectivity index (χ3v) is 6.92. The zero-order valence-electron chi connectivity index (χ0n) is 16.3. The SMILES string of the molecule is Cc1ccc([C@@H]2[C@@H](c3ccc(C#N)cc3C)CC[C@]3(C)C(=O)NC[C@H]23)cc1. The number of benzene rings is 2. The molecule has 1 saturated carbocycles. The van der Waals surface area contributed by atoms with E-state index in [9.17, 15) is 10.1 Å². The van der Waals surface area contributed by atoms with Gasteiger partial charge >= 0.3 is 0 Å². The van der Waals surface area contributed by atoms with E-state index in [-0.39, 0.29) is 11.3 Å². The van der Waals surface area contributed by atoms with E-state index in [1.54, 1.807) is 0 Å². The number of hydrogen-bond donors (Lipinski definition) is 1. The van der Waals surface area contributed by atoms with Crippen LogP contribution in [-0.2, 0) is 4.79 Å². The number of carbonyl (C=O) groups excluding carboxylic acids is 1. The molecule has 4 rings (SSSR count). The molecule has 2 aromatic rings. The first-order valence-electron chi connectivity index (χ1n) is 9.79. The molecule has 2 aliphatic rings. The molecule has 1 aliphatic carbocycles. The highest BCUT2D eigenvalue weighted by Crippen LogP contribution is 2.57. The molecule has 3 heteroatoms. The van der Waals surface area contributed by atoms with Crippen molar-refractivity contribution in [2.45, 2.75) is 45.4 Å². The van der Waals surface area contributed by atoms with E-state index in [2.05, 4.69) is 62.5 Å². The number of amides is 1. The van der Waals surface area contributed by atoms with Crippen LogP contribution in [0.4, 0.5) is 0 Å². The Balaban J connectivity index is 1.82. The van der Waals surface area contributed by atoms with Gasteiger partial charge < -0.3 is 5.32 Å². The van der Waals surface area contributed by atoms with Crippen LogP contribution >= 0.6 is 0 Å². The largest absolute Gasteiger partial charge is 0.355 e. The molecule has 1 saturated heterocycles. The highest BCUT2D eigenvalue weighted by molar-refractivity contribution is 5.85. The van der Waals surface area contributed by atoms with Crippen LogP contribution in [0.15, 0.2) is 42.5 Å². The molecule has 2 aromatic carbocycles. The first-order valence-corrected chi connectivity index (χ1v) is 9.79. The summed E-state index contributed by atoms with van der Waals surface area (Å²) < 4.78 is 0. The molecule has 1 aliphatic heterocycles. The average molecular weight is 358 g/mol. The van der Waals surface area contributed by atoms with Gasteiger partial charge in [0, 0.05) is 6.54 Å². The molecule has 0 unspecified atom stereocenters. The first kappa shape index (κ1) is 17.8. The van der Waals surface area contributed by atoms with E-state index in [1.165, 1.54) is 22.3 Å². The van der Waals surface area contributed by atoms with E-state index >= 15 is 0 Å². The Morgan fingerprint density at radius 3 is 2.56 bits per heavy atom. The molecule has 1 amide bonds. The topological polar surface area (TPSA) is 52.9 Å². The van der Waals surface area contributed by atoms with Crippen molar-refractivity contribution in [3.05, 3.63) is 70.3 Å². The minimum Gasteiger partial charge on any atom is -0.355 e. The summed E-state index contributed by atoms with van der Waals surface area (Å²) in [4.78, 5) is 12.6. The number of hydrogen-bond acceptors (Lipinski definition) is 2. The van der Waals surface area contributed by atoms with Crippen LogP contribution in [0.2, 0.25) is 0 Å². The summed E-state index contributed by atoms with van der Waals surface area (Å²) in [5, 5.41) is 12.3. The van der Waals surface area contributed by atoms with Crippen molar-refractivity contribution >= 4 is 5.91 Å². The van der Waals surface area contributed by atoms with Crippen LogP contribution in [0.1, 0.15) is 59.4 Å². The van der Waals surface area contributed by atoms with Gasteiger partial charge in [0.25, 0.3) is 0 Å². The Bertz CT molecular complexity index is 924. The van der Waals surface area contributed by atoms with E-state index in [4.69, 9.17) is 0 Å². The summed E-state index contributed by atoms with van der Waals surface area (Å²) in [7, 11) is 0. The lowest BCUT2D eigenvalue weighted by Crippen LogP contribution is -2.41. The van der Waals surface area contributed by atoms with Gasteiger partial charge in [0.05, 0.1) is 17.0 Å². The maximum atomic E-state index is 12.6. The van der Waals surface area contributed by atoms with E-state index in [0.717, 1.165) is 19.4 Å². The van der Waals surface area contributed by atoms with Crippen molar-refractivity contribution in [2.24, 2.45) is 11.3 Å². The van der Waals surface area contributed by atoms with Crippen LogP contribution in [0, 0.1) is 36.5 Å². The fourth-order valence-corrected chi connectivity index (χ4v) is 5.30. The predicted octanol–water partition coefficient (Wildman–Crippen LogP) is 4.59. The fourth-order valence-electron chi connectivity index (χ4n) is 5.30. The smallest absolute Gasteiger partial charge is 0.226 e. The monoisotopic (exact) mass is 358 g/mol. The van der Waals surface area contributed by atoms with Crippen molar-refractivity contribution in [2.75, 3.05) is 6.54 Å². The molecular formula is C24H26N2O. The number of carbonyl (C=O) groups is 1. The highest BCUT2D eigenvalue weighted by Gasteiger charge is 2.54. The molecule has 27 heavy (non-hydrogen) atoms. The Kier molecular flexibility index (Phi) is 4.30. The van der Waals surface area contributed by atoms with Gasteiger partial charge in [0.2, 0.25) is 5.91 Å². The second kappa shape index (κ2) is 6.53. The van der Waals surface area contributed by atoms with Crippen LogP contribution in [0.5, 0.6) is 0 Å². The summed E-state index contributed by atoms with van der Waals surface area (Å²) in [6, 6.07) is 17.1. The van der Waals surface area contributed by atoms with Gasteiger partial charge in [0.15, 0.2) is 0 Å². The van der Waals surface area contributed by atoms with Gasteiger partial charge in [-0.2, -0.15) is 5.26 Å². The number of aryl methyl sites for hydroxylation is 2. The lowest BCUT2D eigenvalue weighted by molar-refractivity contribution is -0.129. The van der Waals surface area contributed by atoms with Crippen molar-refractivity contribution in [3.63, 3.8) is 0 Å². The number of nitriles is 1. The summed E-state index contributed by atoms with van der Waals surface area (Å²) in [5.41, 5.74) is 5.50. The number of fused-ring (bicyclic) bond motifs is 1. The second-order valence-corrected chi connectivity index (χ2v) is 8.50. The van der Waals surface area contributed by atoms with Gasteiger partial charge in [-0.05, 0) is 73.3 Å². The molecule has 1 heterocycles. The molecule has 3 nitrogen and oxygen atoms in total. The third kappa shape index (κ3) is 2.84. The molecule has 4 atom stereocenters. The second-order valence-electron chi connectivity index (χ2n) is 8.50. The lowest BCUT2D eigenvalue weighted by Gasteiger charge is -2.45. The lowest BCUT2D eigenvalue weighted by atomic mass is 9.57. The number of nitrogens with one attached hydrogen (secondary N) is 1. The van der Waals surface area contributed by atoms with Crippen molar-refractivity contribution in [1.82, 2.24) is 5.32 Å². The molecule has 0 radical (unpaired) electrons. The van der Waals surface area contributed by atoms with Crippen LogP contribution in [0.25, 0.3) is 0 Å². The van der Waals surface area contributed by atoms with Gasteiger partial charge in [-0.15, -0.1) is 0 Å². The maximum absolute atomic E-state index is 12.6.